The predicted molar refractivity (Wildman–Crippen MR) is 217 cm³/mol. The van der Waals surface area contributed by atoms with Crippen molar-refractivity contribution in [2.75, 3.05) is 50.8 Å². The lowest BCUT2D eigenvalue weighted by atomic mass is 9.88. The topological polar surface area (TPSA) is 236 Å². The number of benzene rings is 2. The number of carbonyl (C=O) groups is 2. The van der Waals surface area contributed by atoms with Crippen molar-refractivity contribution in [3.63, 3.8) is 0 Å². The number of ether oxygens (including phenoxy) is 3. The maximum atomic E-state index is 14.3. The molecule has 2 aromatic rings. The van der Waals surface area contributed by atoms with Crippen molar-refractivity contribution < 1.29 is 64.5 Å². The van der Waals surface area contributed by atoms with Gasteiger partial charge >= 0.3 is 10.6 Å². The highest BCUT2D eigenvalue weighted by atomic mass is 32.2. The van der Waals surface area contributed by atoms with Crippen molar-refractivity contribution in [3.05, 3.63) is 76.4 Å². The molecule has 4 unspecified atom stereocenters. The van der Waals surface area contributed by atoms with Crippen molar-refractivity contribution in [1.29, 1.82) is 0 Å². The van der Waals surface area contributed by atoms with Crippen molar-refractivity contribution >= 4 is 51.2 Å². The van der Waals surface area contributed by atoms with Gasteiger partial charge in [0.25, 0.3) is 10.1 Å². The van der Waals surface area contributed by atoms with Gasteiger partial charge in [0.2, 0.25) is 0 Å². The molecule has 0 radical (unpaired) electrons. The number of thioether (sulfide) groups is 1. The molecule has 314 valence electrons. The van der Waals surface area contributed by atoms with Crippen LogP contribution < -0.4 is 14.2 Å². The molecule has 0 bridgehead atoms. The van der Waals surface area contributed by atoms with Crippen molar-refractivity contribution in [2.24, 2.45) is 23.7 Å². The number of hydrogen-bond acceptors (Lipinski definition) is 13. The van der Waals surface area contributed by atoms with E-state index in [-0.39, 0.29) is 60.7 Å². The van der Waals surface area contributed by atoms with Crippen LogP contribution in [0.3, 0.4) is 0 Å². The van der Waals surface area contributed by atoms with Gasteiger partial charge in [0.15, 0.2) is 23.1 Å². The van der Waals surface area contributed by atoms with E-state index in [1.165, 1.54) is 0 Å². The normalized spacial score (nSPS) is 23.5. The zero-order chi connectivity index (χ0) is 40.9. The molecule has 2 aromatic carbocycles. The van der Waals surface area contributed by atoms with Crippen LogP contribution in [0.2, 0.25) is 0 Å². The van der Waals surface area contributed by atoms with E-state index in [0.29, 0.717) is 64.4 Å². The van der Waals surface area contributed by atoms with E-state index in [9.17, 15) is 32.2 Å². The second kappa shape index (κ2) is 19.6. The Bertz CT molecular complexity index is 2150. The molecule has 6 atom stereocenters. The Morgan fingerprint density at radius 1 is 0.842 bits per heavy atom. The summed E-state index contributed by atoms with van der Waals surface area (Å²) in [6.45, 7) is 7.92. The Balaban J connectivity index is 0.00000137. The van der Waals surface area contributed by atoms with Gasteiger partial charge < -0.3 is 29.4 Å². The standard InChI is InChI=1S/C39H49O10PS2.O3S.H2O/c1-23-13-25-5-6-26-18-36(35(47-3)21-31(26)38(41)29(25)14-23)49-8-10-50(43,11-12-51-4)9-7-48-34-19-27-20-37(52(44,45)46)32-15-24(2)16-33(32)39(42)30(27)17-28(34)22-40;1-4(2)3;/h17-19,21,25,29,32-33,37,40H,1-2,5-16,20,22H2,3-4H3,(H,44,45,46);;1H2/t25-,29?,32-,33?,37?,50?;;/m1../s1. The first-order valence-corrected chi connectivity index (χ1v) is 24.6. The van der Waals surface area contributed by atoms with Crippen LogP contribution in [0, 0.1) is 23.7 Å². The number of carbonyl (C=O) groups excluding carboxylic acids is 2. The molecular formula is C39H51O14PS3. The molecular weight excluding hydrogens is 820 g/mol. The van der Waals surface area contributed by atoms with Crippen LogP contribution in [0.15, 0.2) is 48.6 Å². The number of ketones is 2. The lowest BCUT2D eigenvalue weighted by Crippen LogP contribution is -2.34. The van der Waals surface area contributed by atoms with E-state index in [2.05, 4.69) is 13.2 Å². The predicted octanol–water partition coefficient (Wildman–Crippen LogP) is 4.83. The number of methoxy groups -OCH3 is 1. The highest BCUT2D eigenvalue weighted by Gasteiger charge is 2.47. The van der Waals surface area contributed by atoms with Gasteiger partial charge in [-0.05, 0) is 104 Å². The minimum atomic E-state index is -4.47. The summed E-state index contributed by atoms with van der Waals surface area (Å²) in [5, 5.41) is 9.07. The number of aliphatic hydroxyl groups excluding tert-OH is 1. The number of aliphatic hydroxyl groups is 1. The first-order chi connectivity index (χ1) is 26.5. The Hall–Kier alpha value is -3.31. The van der Waals surface area contributed by atoms with E-state index in [0.717, 1.165) is 42.4 Å². The van der Waals surface area contributed by atoms with E-state index in [1.807, 2.05) is 12.3 Å². The largest absolute Gasteiger partial charge is 0.493 e. The lowest BCUT2D eigenvalue weighted by Gasteiger charge is -2.22. The van der Waals surface area contributed by atoms with Crippen LogP contribution >= 0.6 is 18.9 Å². The van der Waals surface area contributed by atoms with Gasteiger partial charge in [0.1, 0.15) is 5.75 Å². The molecule has 57 heavy (non-hydrogen) atoms. The van der Waals surface area contributed by atoms with E-state index in [4.69, 9.17) is 26.8 Å². The van der Waals surface area contributed by atoms with Crippen LogP contribution in [-0.4, -0.2) is 104 Å². The van der Waals surface area contributed by atoms with Gasteiger partial charge in [-0.2, -0.15) is 20.2 Å². The fourth-order valence-corrected chi connectivity index (χ4v) is 13.4. The quantitative estimate of drug-likeness (QED) is 0.147. The highest BCUT2D eigenvalue weighted by Crippen LogP contribution is 2.48. The minimum absolute atomic E-state index is 0. The SMILES string of the molecule is C=C1CC2C(=O)c3cc(OC)c(OCCP(=O)(CCOc4cc5c(cc4CO)C(=O)C4CC(=C)C[C@H]4C(S(=O)(=O)O)C5)CCSC)cc3CC[C@@H]2C1.O.O=S(=O)=O. The number of fused-ring (bicyclic) bond motifs is 4. The van der Waals surface area contributed by atoms with Gasteiger partial charge in [-0.3, -0.25) is 14.1 Å². The number of aryl methyl sites for hydroxylation is 1. The molecule has 0 heterocycles. The molecule has 2 fully saturated rings. The summed E-state index contributed by atoms with van der Waals surface area (Å²) in [7, 11) is -8.86. The second-order valence-corrected chi connectivity index (χ2v) is 21.5. The summed E-state index contributed by atoms with van der Waals surface area (Å²) in [6.07, 6.45) is 6.88. The number of hydrogen-bond donors (Lipinski definition) is 2. The molecule has 14 nitrogen and oxygen atoms in total. The smallest absolute Gasteiger partial charge is 0.425 e. The number of rotatable bonds is 14. The van der Waals surface area contributed by atoms with E-state index >= 15 is 0 Å². The van der Waals surface area contributed by atoms with Gasteiger partial charge in [-0.25, -0.2) is 0 Å². The van der Waals surface area contributed by atoms with Gasteiger partial charge in [0, 0.05) is 47.0 Å². The fourth-order valence-electron chi connectivity index (χ4n) is 8.69. The zero-order valence-corrected chi connectivity index (χ0v) is 35.4. The molecule has 0 aliphatic heterocycles. The number of Topliss-reactive ketones (excluding diaryl/α,β-unsaturated/α-hetero) is 2. The first-order valence-electron chi connectivity index (χ1n) is 18.4. The number of allylic oxidation sites excluding steroid dienone is 2. The zero-order valence-electron chi connectivity index (χ0n) is 32.1. The summed E-state index contributed by atoms with van der Waals surface area (Å²) in [4.78, 5) is 27.1. The molecule has 4 aliphatic rings. The third-order valence-electron chi connectivity index (χ3n) is 11.5. The van der Waals surface area contributed by atoms with Gasteiger partial charge in [-0.1, -0.05) is 24.3 Å². The average Bonchev–Trinajstić information content (AvgIpc) is 3.65. The van der Waals surface area contributed by atoms with Crippen LogP contribution in [0.1, 0.15) is 69.5 Å². The average molecular weight is 871 g/mol. The summed E-state index contributed by atoms with van der Waals surface area (Å²) < 4.78 is 92.8. The summed E-state index contributed by atoms with van der Waals surface area (Å²) in [5.74, 6) is 0.943. The van der Waals surface area contributed by atoms with Crippen LogP contribution in [0.4, 0.5) is 0 Å². The van der Waals surface area contributed by atoms with Crippen LogP contribution in [-0.2, 0) is 44.7 Å². The third kappa shape index (κ3) is 11.0. The molecule has 0 saturated heterocycles. The van der Waals surface area contributed by atoms with Crippen molar-refractivity contribution in [2.45, 2.75) is 56.8 Å². The molecule has 0 amide bonds. The third-order valence-corrected chi connectivity index (χ3v) is 16.7. The summed E-state index contributed by atoms with van der Waals surface area (Å²) in [5.41, 5.74) is 4.67. The van der Waals surface area contributed by atoms with Crippen LogP contribution in [0.5, 0.6) is 17.2 Å². The van der Waals surface area contributed by atoms with Crippen molar-refractivity contribution in [1.82, 2.24) is 0 Å². The Morgan fingerprint density at radius 3 is 2.04 bits per heavy atom. The molecule has 4 aliphatic carbocycles. The molecule has 2 saturated carbocycles. The molecule has 18 heteroatoms. The summed E-state index contributed by atoms with van der Waals surface area (Å²) in [6, 6.07) is 6.82. The fraction of sp³-hybridized carbons (Fsp3) is 0.538. The van der Waals surface area contributed by atoms with E-state index in [1.54, 1.807) is 37.1 Å². The highest BCUT2D eigenvalue weighted by molar-refractivity contribution is 7.98. The molecule has 6 rings (SSSR count). The molecule has 0 aromatic heterocycles. The Morgan fingerprint density at radius 2 is 1.42 bits per heavy atom. The first kappa shape index (κ1) is 46.4. The maximum Gasteiger partial charge on any atom is 0.425 e. The maximum absolute atomic E-state index is 14.3. The Kier molecular flexibility index (Phi) is 16.0. The molecule has 4 N–H and O–H groups in total. The Labute approximate surface area is 339 Å². The van der Waals surface area contributed by atoms with Crippen LogP contribution in [0.25, 0.3) is 0 Å². The van der Waals surface area contributed by atoms with E-state index < -0.39 is 51.6 Å². The minimum Gasteiger partial charge on any atom is -0.493 e. The second-order valence-electron chi connectivity index (χ2n) is 15.0. The monoisotopic (exact) mass is 870 g/mol. The van der Waals surface area contributed by atoms with Gasteiger partial charge in [0.05, 0.1) is 39.3 Å². The lowest BCUT2D eigenvalue weighted by molar-refractivity contribution is 0.0887. The van der Waals surface area contributed by atoms with Crippen molar-refractivity contribution in [3.8, 4) is 17.2 Å². The van der Waals surface area contributed by atoms with Gasteiger partial charge in [-0.15, -0.1) is 12.6 Å². The molecule has 0 spiro atoms. The summed E-state index contributed by atoms with van der Waals surface area (Å²) >= 11 is 1.60.